The molecule has 90 valence electrons. The molecule has 0 aromatic heterocycles. The van der Waals surface area contributed by atoms with E-state index in [0.717, 1.165) is 19.3 Å². The third kappa shape index (κ3) is 3.05. The van der Waals surface area contributed by atoms with Gasteiger partial charge in [0.25, 0.3) is 0 Å². The Morgan fingerprint density at radius 1 is 1.12 bits per heavy atom. The summed E-state index contributed by atoms with van der Waals surface area (Å²) in [5.41, 5.74) is 0. The van der Waals surface area contributed by atoms with Crippen molar-refractivity contribution in [1.82, 2.24) is 10.6 Å². The number of hydrogen-bond acceptors (Lipinski definition) is 3. The monoisotopic (exact) mass is 226 g/mol. The predicted octanol–water partition coefficient (Wildman–Crippen LogP) is 1.18. The van der Waals surface area contributed by atoms with Gasteiger partial charge < -0.3 is 0 Å². The molecule has 0 radical (unpaired) electrons. The highest BCUT2D eigenvalue weighted by Crippen LogP contribution is 2.22. The van der Waals surface area contributed by atoms with Gasteiger partial charge in [-0.2, -0.15) is 0 Å². The molecule has 0 unspecified atom stereocenters. The van der Waals surface area contributed by atoms with Gasteiger partial charge in [0.1, 0.15) is 5.92 Å². The molecule has 2 N–H and O–H groups in total. The van der Waals surface area contributed by atoms with Crippen LogP contribution in [0.5, 0.6) is 0 Å². The molecule has 0 aromatic carbocycles. The Morgan fingerprint density at radius 2 is 1.69 bits per heavy atom. The standard InChI is InChI=1S/C11H18N2O3/c1-3-5-7(4-2)6-8-9(14)12-11(16)13-10(8)15/h7-8H,3-6H2,1-2H3,(H2,12,13,14,15,16)/t7-/m0/s1. The van der Waals surface area contributed by atoms with Crippen LogP contribution in [-0.4, -0.2) is 17.8 Å². The van der Waals surface area contributed by atoms with Crippen molar-refractivity contribution in [2.75, 3.05) is 0 Å². The molecule has 16 heavy (non-hydrogen) atoms. The van der Waals surface area contributed by atoms with E-state index in [9.17, 15) is 14.4 Å². The minimum Gasteiger partial charge on any atom is -0.277 e. The lowest BCUT2D eigenvalue weighted by molar-refractivity contribution is -0.136. The van der Waals surface area contributed by atoms with E-state index in [2.05, 4.69) is 17.6 Å². The Hall–Kier alpha value is -1.39. The molecular formula is C11H18N2O3. The third-order valence-electron chi connectivity index (χ3n) is 2.95. The lowest BCUT2D eigenvalue weighted by Gasteiger charge is -2.24. The van der Waals surface area contributed by atoms with E-state index in [-0.39, 0.29) is 0 Å². The number of urea groups is 1. The minimum absolute atomic E-state index is 0.361. The summed E-state index contributed by atoms with van der Waals surface area (Å²) in [5.74, 6) is -1.29. The zero-order valence-electron chi connectivity index (χ0n) is 9.71. The highest BCUT2D eigenvalue weighted by molar-refractivity contribution is 6.16. The number of barbiturate groups is 1. The summed E-state index contributed by atoms with van der Waals surface area (Å²) in [7, 11) is 0. The molecule has 5 heteroatoms. The number of carbonyl (C=O) groups is 3. The van der Waals surface area contributed by atoms with Crippen LogP contribution < -0.4 is 10.6 Å². The molecular weight excluding hydrogens is 208 g/mol. The maximum absolute atomic E-state index is 11.5. The highest BCUT2D eigenvalue weighted by atomic mass is 16.2. The van der Waals surface area contributed by atoms with Crippen LogP contribution in [0.3, 0.4) is 0 Å². The molecule has 0 saturated carbocycles. The average molecular weight is 226 g/mol. The minimum atomic E-state index is -0.714. The van der Waals surface area contributed by atoms with Gasteiger partial charge in [-0.3, -0.25) is 20.2 Å². The van der Waals surface area contributed by atoms with E-state index in [1.165, 1.54) is 0 Å². The van der Waals surface area contributed by atoms with Gasteiger partial charge in [0.05, 0.1) is 0 Å². The molecule has 5 nitrogen and oxygen atoms in total. The molecule has 0 spiro atoms. The van der Waals surface area contributed by atoms with Crippen LogP contribution in [0.25, 0.3) is 0 Å². The van der Waals surface area contributed by atoms with Crippen molar-refractivity contribution in [3.05, 3.63) is 0 Å². The fraction of sp³-hybridized carbons (Fsp3) is 0.727. The third-order valence-corrected chi connectivity index (χ3v) is 2.95. The number of hydrogen-bond donors (Lipinski definition) is 2. The van der Waals surface area contributed by atoms with E-state index >= 15 is 0 Å². The Kier molecular flexibility index (Phi) is 4.46. The van der Waals surface area contributed by atoms with E-state index in [4.69, 9.17) is 0 Å². The fourth-order valence-corrected chi connectivity index (χ4v) is 1.99. The highest BCUT2D eigenvalue weighted by Gasteiger charge is 2.35. The van der Waals surface area contributed by atoms with E-state index in [0.29, 0.717) is 12.3 Å². The van der Waals surface area contributed by atoms with Gasteiger partial charge >= 0.3 is 6.03 Å². The smallest absolute Gasteiger partial charge is 0.277 e. The zero-order chi connectivity index (χ0) is 12.1. The molecule has 4 amide bonds. The molecule has 1 saturated heterocycles. The van der Waals surface area contributed by atoms with Crippen molar-refractivity contribution in [2.24, 2.45) is 11.8 Å². The first kappa shape index (κ1) is 12.7. The molecule has 0 bridgehead atoms. The average Bonchev–Trinajstić information content (AvgIpc) is 2.21. The second-order valence-electron chi connectivity index (χ2n) is 4.16. The maximum Gasteiger partial charge on any atom is 0.328 e. The molecule has 1 rings (SSSR count). The first-order valence-electron chi connectivity index (χ1n) is 5.74. The lowest BCUT2D eigenvalue weighted by atomic mass is 9.87. The van der Waals surface area contributed by atoms with Crippen LogP contribution in [0, 0.1) is 11.8 Å². The molecule has 1 fully saturated rings. The number of imide groups is 2. The van der Waals surface area contributed by atoms with Gasteiger partial charge in [-0.25, -0.2) is 4.79 Å². The largest absolute Gasteiger partial charge is 0.328 e. The van der Waals surface area contributed by atoms with Crippen molar-refractivity contribution in [3.8, 4) is 0 Å². The Balaban J connectivity index is 2.61. The van der Waals surface area contributed by atoms with Crippen molar-refractivity contribution >= 4 is 17.8 Å². The summed E-state index contributed by atoms with van der Waals surface area (Å²) in [4.78, 5) is 33.8. The summed E-state index contributed by atoms with van der Waals surface area (Å²) in [6.07, 6.45) is 3.50. The van der Waals surface area contributed by atoms with Gasteiger partial charge in [0.15, 0.2) is 0 Å². The normalized spacial score (nSPS) is 19.2. The number of rotatable bonds is 5. The first-order valence-corrected chi connectivity index (χ1v) is 5.74. The Labute approximate surface area is 95.0 Å². The number of nitrogens with one attached hydrogen (secondary N) is 2. The topological polar surface area (TPSA) is 75.3 Å². The van der Waals surface area contributed by atoms with Gasteiger partial charge in [-0.15, -0.1) is 0 Å². The molecule has 1 heterocycles. The molecule has 0 aromatic rings. The fourth-order valence-electron chi connectivity index (χ4n) is 1.99. The zero-order valence-corrected chi connectivity index (χ0v) is 9.71. The van der Waals surface area contributed by atoms with Crippen LogP contribution in [-0.2, 0) is 9.59 Å². The van der Waals surface area contributed by atoms with Gasteiger partial charge in [0, 0.05) is 0 Å². The summed E-state index contributed by atoms with van der Waals surface area (Å²) in [6.45, 7) is 4.12. The summed E-state index contributed by atoms with van der Waals surface area (Å²) in [6, 6.07) is -0.713. The van der Waals surface area contributed by atoms with E-state index in [1.807, 2.05) is 6.92 Å². The SMILES string of the molecule is CCC[C@H](CC)CC1C(=O)NC(=O)NC1=O. The summed E-state index contributed by atoms with van der Waals surface area (Å²) >= 11 is 0. The quantitative estimate of drug-likeness (QED) is 0.691. The Bertz CT molecular complexity index is 282. The predicted molar refractivity (Wildman–Crippen MR) is 58.5 cm³/mol. The van der Waals surface area contributed by atoms with Crippen LogP contribution in [0.1, 0.15) is 39.5 Å². The number of carbonyl (C=O) groups excluding carboxylic acids is 3. The van der Waals surface area contributed by atoms with Gasteiger partial charge in [0.2, 0.25) is 11.8 Å². The van der Waals surface area contributed by atoms with E-state index in [1.54, 1.807) is 0 Å². The van der Waals surface area contributed by atoms with Gasteiger partial charge in [-0.05, 0) is 12.3 Å². The molecule has 1 aliphatic rings. The lowest BCUT2D eigenvalue weighted by Crippen LogP contribution is -2.56. The van der Waals surface area contributed by atoms with Crippen LogP contribution in [0.2, 0.25) is 0 Å². The first-order chi connectivity index (χ1) is 7.58. The van der Waals surface area contributed by atoms with Crippen LogP contribution >= 0.6 is 0 Å². The molecule has 1 aliphatic heterocycles. The second-order valence-corrected chi connectivity index (χ2v) is 4.16. The maximum atomic E-state index is 11.5. The summed E-state index contributed by atoms with van der Waals surface area (Å²) in [5, 5.41) is 4.24. The Morgan fingerprint density at radius 3 is 2.12 bits per heavy atom. The van der Waals surface area contributed by atoms with Crippen molar-refractivity contribution in [2.45, 2.75) is 39.5 Å². The summed E-state index contributed by atoms with van der Waals surface area (Å²) < 4.78 is 0. The van der Waals surface area contributed by atoms with Crippen molar-refractivity contribution in [3.63, 3.8) is 0 Å². The van der Waals surface area contributed by atoms with E-state index < -0.39 is 23.8 Å². The second kappa shape index (κ2) is 5.63. The van der Waals surface area contributed by atoms with Crippen LogP contribution in [0.4, 0.5) is 4.79 Å². The van der Waals surface area contributed by atoms with Crippen LogP contribution in [0.15, 0.2) is 0 Å². The van der Waals surface area contributed by atoms with Crippen molar-refractivity contribution < 1.29 is 14.4 Å². The van der Waals surface area contributed by atoms with Crippen molar-refractivity contribution in [1.29, 1.82) is 0 Å². The number of amides is 4. The molecule has 0 aliphatic carbocycles. The van der Waals surface area contributed by atoms with Gasteiger partial charge in [-0.1, -0.05) is 33.1 Å². The molecule has 1 atom stereocenters.